The number of imide groups is 1. The van der Waals surface area contributed by atoms with E-state index in [9.17, 15) is 24.6 Å². The Kier molecular flexibility index (Phi) is 8.76. The monoisotopic (exact) mass is 551 g/mol. The first-order valence-corrected chi connectivity index (χ1v) is 13.0. The van der Waals surface area contributed by atoms with Crippen LogP contribution in [0.15, 0.2) is 65.1 Å². The van der Waals surface area contributed by atoms with Crippen LogP contribution < -0.4 is 11.1 Å². The third kappa shape index (κ3) is 6.99. The van der Waals surface area contributed by atoms with Gasteiger partial charge in [0, 0.05) is 11.6 Å². The standard InChI is InChI=1S/C29H34N4O7/c1-33(17-20-5-3-7-23(35)15-20)14-4-6-21(18-33)32(27(36)24(30)16-19-8-10-22(34)11-9-19)29(38)31-26-13-12-25(40-26)28(37)39-2/h3,5,7-13,15,21,24H,4,6,14,16-18,30H2,1-2H3,(H2-,31,34,35,37,38)/p+1/t21-,24-,33?/m0/s1. The minimum absolute atomic E-state index is 0.0110. The lowest BCUT2D eigenvalue weighted by atomic mass is 9.98. The van der Waals surface area contributed by atoms with Gasteiger partial charge in [0.05, 0.1) is 32.8 Å². The highest BCUT2D eigenvalue weighted by atomic mass is 16.5. The number of likely N-dealkylation sites (tertiary alicyclic amines) is 1. The molecule has 212 valence electrons. The molecule has 2 heterocycles. The van der Waals surface area contributed by atoms with E-state index in [2.05, 4.69) is 17.1 Å². The molecular weight excluding hydrogens is 516 g/mol. The van der Waals surface area contributed by atoms with Crippen molar-refractivity contribution in [2.45, 2.75) is 37.9 Å². The van der Waals surface area contributed by atoms with Gasteiger partial charge >= 0.3 is 12.0 Å². The van der Waals surface area contributed by atoms with Gasteiger partial charge in [0.25, 0.3) is 0 Å². The molecule has 0 bridgehead atoms. The minimum Gasteiger partial charge on any atom is -0.508 e. The number of nitrogens with one attached hydrogen (secondary N) is 1. The number of hydrogen-bond donors (Lipinski definition) is 4. The molecule has 1 fully saturated rings. The van der Waals surface area contributed by atoms with E-state index in [1.54, 1.807) is 30.3 Å². The Morgan fingerprint density at radius 3 is 2.55 bits per heavy atom. The van der Waals surface area contributed by atoms with Crippen molar-refractivity contribution in [3.05, 3.63) is 77.6 Å². The number of likely N-dealkylation sites (N-methyl/N-ethyl adjacent to an activating group) is 1. The summed E-state index contributed by atoms with van der Waals surface area (Å²) in [6.45, 7) is 1.91. The summed E-state index contributed by atoms with van der Waals surface area (Å²) in [5.74, 6) is -1.08. The molecule has 0 aliphatic carbocycles. The number of hydrogen-bond acceptors (Lipinski definition) is 8. The molecule has 3 aromatic rings. The molecular formula is C29H35N4O7+. The second-order valence-corrected chi connectivity index (χ2v) is 10.4. The predicted octanol–water partition coefficient (Wildman–Crippen LogP) is 3.22. The zero-order valence-electron chi connectivity index (χ0n) is 22.6. The maximum atomic E-state index is 13.8. The van der Waals surface area contributed by atoms with Crippen LogP contribution in [0, 0.1) is 0 Å². The summed E-state index contributed by atoms with van der Waals surface area (Å²) in [5, 5.41) is 22.1. The molecule has 3 amide bonds. The number of methoxy groups -OCH3 is 1. The van der Waals surface area contributed by atoms with Crippen LogP contribution >= 0.6 is 0 Å². The van der Waals surface area contributed by atoms with Gasteiger partial charge in [0.15, 0.2) is 0 Å². The number of rotatable bonds is 8. The number of phenols is 2. The molecule has 1 aliphatic heterocycles. The number of phenolic OH excluding ortho intramolecular Hbond substituents is 2. The number of benzene rings is 2. The Morgan fingerprint density at radius 2 is 1.85 bits per heavy atom. The van der Waals surface area contributed by atoms with E-state index in [1.807, 2.05) is 6.07 Å². The van der Waals surface area contributed by atoms with Crippen molar-refractivity contribution in [2.75, 3.05) is 32.6 Å². The van der Waals surface area contributed by atoms with Gasteiger partial charge in [-0.25, -0.2) is 9.59 Å². The molecule has 1 saturated heterocycles. The highest BCUT2D eigenvalue weighted by Crippen LogP contribution is 2.27. The number of amides is 3. The zero-order valence-corrected chi connectivity index (χ0v) is 22.6. The summed E-state index contributed by atoms with van der Waals surface area (Å²) in [6.07, 6.45) is 1.51. The minimum atomic E-state index is -1.02. The van der Waals surface area contributed by atoms with Gasteiger partial charge in [-0.05, 0) is 55.2 Å². The Morgan fingerprint density at radius 1 is 1.10 bits per heavy atom. The molecule has 0 spiro atoms. The molecule has 11 nitrogen and oxygen atoms in total. The van der Waals surface area contributed by atoms with Crippen LogP contribution in [0.3, 0.4) is 0 Å². The van der Waals surface area contributed by atoms with Crippen LogP contribution in [0.1, 0.15) is 34.5 Å². The molecule has 4 rings (SSSR count). The van der Waals surface area contributed by atoms with Crippen molar-refractivity contribution in [3.63, 3.8) is 0 Å². The van der Waals surface area contributed by atoms with Crippen LogP contribution in [0.25, 0.3) is 0 Å². The van der Waals surface area contributed by atoms with Crippen molar-refractivity contribution in [1.82, 2.24) is 4.90 Å². The molecule has 3 atom stereocenters. The van der Waals surface area contributed by atoms with E-state index < -0.39 is 30.0 Å². The van der Waals surface area contributed by atoms with Gasteiger partial charge in [-0.15, -0.1) is 0 Å². The molecule has 40 heavy (non-hydrogen) atoms. The summed E-state index contributed by atoms with van der Waals surface area (Å²) >= 11 is 0. The van der Waals surface area contributed by atoms with Crippen molar-refractivity contribution < 1.29 is 38.2 Å². The first-order chi connectivity index (χ1) is 19.1. The normalized spacial score (nSPS) is 19.4. The molecule has 2 aromatic carbocycles. The third-order valence-electron chi connectivity index (χ3n) is 7.11. The summed E-state index contributed by atoms with van der Waals surface area (Å²) in [6, 6.07) is 14.0. The van der Waals surface area contributed by atoms with Crippen LogP contribution in [0.2, 0.25) is 0 Å². The Bertz CT molecular complexity index is 1360. The lowest BCUT2D eigenvalue weighted by Crippen LogP contribution is -2.62. The zero-order chi connectivity index (χ0) is 28.9. The fraction of sp³-hybridized carbons (Fsp3) is 0.345. The van der Waals surface area contributed by atoms with E-state index >= 15 is 0 Å². The number of nitrogens with two attached hydrogens (primary N) is 1. The van der Waals surface area contributed by atoms with Crippen LogP contribution in [0.4, 0.5) is 10.7 Å². The smallest absolute Gasteiger partial charge is 0.374 e. The number of quaternary nitrogens is 1. The molecule has 5 N–H and O–H groups in total. The van der Waals surface area contributed by atoms with Gasteiger partial charge in [0.1, 0.15) is 24.6 Å². The molecule has 1 unspecified atom stereocenters. The second-order valence-electron chi connectivity index (χ2n) is 10.4. The molecule has 11 heteroatoms. The van der Waals surface area contributed by atoms with Crippen molar-refractivity contribution in [2.24, 2.45) is 5.73 Å². The van der Waals surface area contributed by atoms with Crippen molar-refractivity contribution in [1.29, 1.82) is 0 Å². The van der Waals surface area contributed by atoms with Gasteiger partial charge in [-0.3, -0.25) is 15.0 Å². The number of ether oxygens (including phenoxy) is 1. The van der Waals surface area contributed by atoms with E-state index in [0.717, 1.165) is 24.1 Å². The Balaban J connectivity index is 1.57. The number of carbonyl (C=O) groups excluding carboxylic acids is 3. The average molecular weight is 552 g/mol. The van der Waals surface area contributed by atoms with Gasteiger partial charge in [-0.1, -0.05) is 24.3 Å². The van der Waals surface area contributed by atoms with Crippen molar-refractivity contribution in [3.8, 4) is 11.5 Å². The highest BCUT2D eigenvalue weighted by molar-refractivity contribution is 6.03. The number of aromatic hydroxyl groups is 2. The maximum Gasteiger partial charge on any atom is 0.374 e. The third-order valence-corrected chi connectivity index (χ3v) is 7.11. The molecule has 0 radical (unpaired) electrons. The fourth-order valence-corrected chi connectivity index (χ4v) is 5.23. The number of furan rings is 1. The van der Waals surface area contributed by atoms with Crippen molar-refractivity contribution >= 4 is 23.8 Å². The number of esters is 1. The fourth-order valence-electron chi connectivity index (χ4n) is 5.23. The SMILES string of the molecule is COC(=O)c1ccc(NC(=O)N(C(=O)[C@@H](N)Cc2ccc(O)cc2)[C@H]2CCC[N+](C)(Cc3cccc(O)c3)C2)o1. The van der Waals surface area contributed by atoms with Crippen LogP contribution in [-0.4, -0.2) is 76.8 Å². The number of nitrogens with zero attached hydrogens (tertiary/aromatic N) is 2. The molecule has 1 aromatic heterocycles. The Hall–Kier alpha value is -4.35. The topological polar surface area (TPSA) is 155 Å². The summed E-state index contributed by atoms with van der Waals surface area (Å²) in [4.78, 5) is 40.3. The summed E-state index contributed by atoms with van der Waals surface area (Å²) < 4.78 is 10.6. The lowest BCUT2D eigenvalue weighted by molar-refractivity contribution is -0.928. The molecule has 1 aliphatic rings. The Labute approximate surface area is 232 Å². The largest absolute Gasteiger partial charge is 0.508 e. The second kappa shape index (κ2) is 12.2. The van der Waals surface area contributed by atoms with E-state index in [0.29, 0.717) is 24.0 Å². The van der Waals surface area contributed by atoms with Crippen LogP contribution in [-0.2, 0) is 22.5 Å². The summed E-state index contributed by atoms with van der Waals surface area (Å²) in [5.41, 5.74) is 8.03. The number of piperidine rings is 1. The average Bonchev–Trinajstić information content (AvgIpc) is 3.37. The first kappa shape index (κ1) is 28.7. The number of carbonyl (C=O) groups is 3. The quantitative estimate of drug-likeness (QED) is 0.246. The lowest BCUT2D eigenvalue weighted by Gasteiger charge is -2.44. The van der Waals surface area contributed by atoms with E-state index in [4.69, 9.17) is 10.2 Å². The molecule has 0 saturated carbocycles. The predicted molar refractivity (Wildman–Crippen MR) is 146 cm³/mol. The van der Waals surface area contributed by atoms with E-state index in [1.165, 1.54) is 36.3 Å². The summed E-state index contributed by atoms with van der Waals surface area (Å²) in [7, 11) is 3.27. The first-order valence-electron chi connectivity index (χ1n) is 13.0. The highest BCUT2D eigenvalue weighted by Gasteiger charge is 2.41. The number of anilines is 1. The number of urea groups is 1. The van der Waals surface area contributed by atoms with Crippen LogP contribution in [0.5, 0.6) is 11.5 Å². The van der Waals surface area contributed by atoms with Gasteiger partial charge < -0.3 is 29.6 Å². The van der Waals surface area contributed by atoms with E-state index in [-0.39, 0.29) is 29.6 Å². The maximum absolute atomic E-state index is 13.8. The van der Waals surface area contributed by atoms with Gasteiger partial charge in [0.2, 0.25) is 17.6 Å². The van der Waals surface area contributed by atoms with Gasteiger partial charge in [-0.2, -0.15) is 0 Å².